The second kappa shape index (κ2) is 6.30. The molecule has 2 rings (SSSR count). The molecule has 0 aliphatic rings. The van der Waals surface area contributed by atoms with Gasteiger partial charge in [-0.2, -0.15) is 0 Å². The minimum atomic E-state index is 0.173. The molecule has 0 fully saturated rings. The van der Waals surface area contributed by atoms with Crippen molar-refractivity contribution >= 4 is 57.1 Å². The van der Waals surface area contributed by atoms with Gasteiger partial charge in [0.1, 0.15) is 17.2 Å². The predicted octanol–water partition coefficient (Wildman–Crippen LogP) is 4.67. The van der Waals surface area contributed by atoms with Crippen molar-refractivity contribution in [1.29, 1.82) is 0 Å². The van der Waals surface area contributed by atoms with Crippen molar-refractivity contribution < 1.29 is 10.2 Å². The minimum absolute atomic E-state index is 0.173. The van der Waals surface area contributed by atoms with Crippen molar-refractivity contribution in [2.75, 3.05) is 0 Å². The van der Waals surface area contributed by atoms with Crippen LogP contribution in [0.4, 0.5) is 5.69 Å². The summed E-state index contributed by atoms with van der Waals surface area (Å²) >= 11 is 4.27. The van der Waals surface area contributed by atoms with E-state index >= 15 is 0 Å². The van der Waals surface area contributed by atoms with Crippen molar-refractivity contribution in [3.63, 3.8) is 0 Å². The largest absolute Gasteiger partial charge is 0.506 e. The molecule has 2 aromatic rings. The minimum Gasteiger partial charge on any atom is -0.506 e. The van der Waals surface area contributed by atoms with Crippen LogP contribution in [0, 0.1) is 21.0 Å². The van der Waals surface area contributed by atoms with Crippen molar-refractivity contribution in [2.24, 2.45) is 4.99 Å². The van der Waals surface area contributed by atoms with E-state index in [1.54, 1.807) is 6.21 Å². The Morgan fingerprint density at radius 2 is 1.70 bits per heavy atom. The third kappa shape index (κ3) is 3.43. The molecule has 0 saturated heterocycles. The fourth-order valence-corrected chi connectivity index (χ4v) is 3.75. The highest BCUT2D eigenvalue weighted by Crippen LogP contribution is 2.32. The van der Waals surface area contributed by atoms with Crippen LogP contribution in [-0.2, 0) is 0 Å². The van der Waals surface area contributed by atoms with E-state index in [0.717, 1.165) is 18.3 Å². The van der Waals surface area contributed by atoms with E-state index in [9.17, 15) is 10.2 Å². The molecule has 0 unspecified atom stereocenters. The average Bonchev–Trinajstić information content (AvgIpc) is 2.37. The maximum atomic E-state index is 10.0. The Hall–Kier alpha value is -0.830. The molecule has 0 amide bonds. The van der Waals surface area contributed by atoms with Gasteiger partial charge >= 0.3 is 0 Å². The number of nitrogens with zero attached hydrogens (tertiary/aromatic N) is 1. The molecule has 0 atom stereocenters. The van der Waals surface area contributed by atoms with E-state index in [-0.39, 0.29) is 11.5 Å². The molecular weight excluding hydrogens is 480 g/mol. The van der Waals surface area contributed by atoms with Crippen molar-refractivity contribution in [1.82, 2.24) is 0 Å². The third-order valence-corrected chi connectivity index (χ3v) is 4.27. The molecular formula is C15H13I2NO2. The van der Waals surface area contributed by atoms with Gasteiger partial charge in [-0.25, -0.2) is 0 Å². The number of benzene rings is 2. The van der Waals surface area contributed by atoms with Crippen LogP contribution in [0.1, 0.15) is 16.7 Å². The highest BCUT2D eigenvalue weighted by atomic mass is 127. The molecule has 0 bridgehead atoms. The number of rotatable bonds is 2. The highest BCUT2D eigenvalue weighted by molar-refractivity contribution is 14.1. The molecule has 0 heterocycles. The molecule has 0 spiro atoms. The summed E-state index contributed by atoms with van der Waals surface area (Å²) in [5, 5.41) is 20.0. The quantitative estimate of drug-likeness (QED) is 0.472. The first-order valence-corrected chi connectivity index (χ1v) is 8.06. The summed E-state index contributed by atoms with van der Waals surface area (Å²) in [5.41, 5.74) is 2.98. The fourth-order valence-electron chi connectivity index (χ4n) is 1.86. The summed E-state index contributed by atoms with van der Waals surface area (Å²) in [7, 11) is 0. The van der Waals surface area contributed by atoms with E-state index in [4.69, 9.17) is 0 Å². The first-order chi connectivity index (χ1) is 9.38. The van der Waals surface area contributed by atoms with Crippen LogP contribution in [0.15, 0.2) is 29.3 Å². The number of hydrogen-bond donors (Lipinski definition) is 2. The van der Waals surface area contributed by atoms with Crippen molar-refractivity contribution in [2.45, 2.75) is 13.8 Å². The number of halogens is 2. The van der Waals surface area contributed by atoms with Crippen LogP contribution in [0.2, 0.25) is 0 Å². The lowest BCUT2D eigenvalue weighted by Gasteiger charge is -2.06. The fraction of sp³-hybridized carbons (Fsp3) is 0.133. The summed E-state index contributed by atoms with van der Waals surface area (Å²) in [6.45, 7) is 3.80. The Labute approximate surface area is 145 Å². The second-order valence-electron chi connectivity index (χ2n) is 4.53. The zero-order valence-corrected chi connectivity index (χ0v) is 15.3. The highest BCUT2D eigenvalue weighted by Gasteiger charge is 2.07. The summed E-state index contributed by atoms with van der Waals surface area (Å²) in [5.74, 6) is 0.380. The van der Waals surface area contributed by atoms with Gasteiger partial charge < -0.3 is 10.2 Å². The molecule has 0 aromatic heterocycles. The SMILES string of the molecule is Cc1cc(C)c(O)c(N=Cc2cc(I)cc(I)c2O)c1. The van der Waals surface area contributed by atoms with Gasteiger partial charge in [0.15, 0.2) is 0 Å². The summed E-state index contributed by atoms with van der Waals surface area (Å²) in [6.07, 6.45) is 1.58. The maximum absolute atomic E-state index is 10.0. The van der Waals surface area contributed by atoms with Gasteiger partial charge in [-0.15, -0.1) is 0 Å². The van der Waals surface area contributed by atoms with E-state index < -0.39 is 0 Å². The maximum Gasteiger partial charge on any atom is 0.144 e. The van der Waals surface area contributed by atoms with Gasteiger partial charge in [-0.1, -0.05) is 6.07 Å². The molecule has 3 nitrogen and oxygen atoms in total. The van der Waals surface area contributed by atoms with E-state index in [0.29, 0.717) is 11.3 Å². The van der Waals surface area contributed by atoms with Gasteiger partial charge in [-0.05, 0) is 88.4 Å². The normalized spacial score (nSPS) is 11.2. The number of phenolic OH excluding ortho intramolecular Hbond substituents is 2. The number of phenols is 2. The van der Waals surface area contributed by atoms with Crippen LogP contribution in [0.5, 0.6) is 11.5 Å². The van der Waals surface area contributed by atoms with Crippen LogP contribution < -0.4 is 0 Å². The monoisotopic (exact) mass is 493 g/mol. The summed E-state index contributed by atoms with van der Waals surface area (Å²) in [6, 6.07) is 7.46. The molecule has 0 aliphatic heterocycles. The Kier molecular flexibility index (Phi) is 4.90. The molecule has 2 N–H and O–H groups in total. The van der Waals surface area contributed by atoms with Gasteiger partial charge in [0.25, 0.3) is 0 Å². The molecule has 0 saturated carbocycles. The molecule has 5 heteroatoms. The van der Waals surface area contributed by atoms with Gasteiger partial charge in [0.05, 0.1) is 3.57 Å². The van der Waals surface area contributed by atoms with E-state index in [1.807, 2.05) is 38.1 Å². The van der Waals surface area contributed by atoms with Crippen LogP contribution in [-0.4, -0.2) is 16.4 Å². The molecule has 0 aliphatic carbocycles. The number of aliphatic imine (C=N–C) groups is 1. The lowest BCUT2D eigenvalue weighted by atomic mass is 10.1. The average molecular weight is 493 g/mol. The van der Waals surface area contributed by atoms with Crippen LogP contribution >= 0.6 is 45.2 Å². The Balaban J connectivity index is 2.45. The zero-order chi connectivity index (χ0) is 14.9. The van der Waals surface area contributed by atoms with Crippen molar-refractivity contribution in [3.8, 4) is 11.5 Å². The van der Waals surface area contributed by atoms with Gasteiger partial charge in [-0.3, -0.25) is 4.99 Å². The standard InChI is InChI=1S/C15H13I2NO2/c1-8-3-9(2)14(19)13(4-8)18-7-10-5-11(16)6-12(17)15(10)20/h3-7,19-20H,1-2H3. The summed E-state index contributed by atoms with van der Waals surface area (Å²) in [4.78, 5) is 4.30. The van der Waals surface area contributed by atoms with Crippen LogP contribution in [0.25, 0.3) is 0 Å². The van der Waals surface area contributed by atoms with Gasteiger partial charge in [0.2, 0.25) is 0 Å². The van der Waals surface area contributed by atoms with Gasteiger partial charge in [0, 0.05) is 15.3 Å². The number of aryl methyl sites for hydroxylation is 2. The third-order valence-electron chi connectivity index (χ3n) is 2.83. The molecule has 0 radical (unpaired) electrons. The molecule has 20 heavy (non-hydrogen) atoms. The molecule has 104 valence electrons. The topological polar surface area (TPSA) is 52.8 Å². The molecule has 2 aromatic carbocycles. The lowest BCUT2D eigenvalue weighted by Crippen LogP contribution is -1.88. The van der Waals surface area contributed by atoms with Crippen molar-refractivity contribution in [3.05, 3.63) is 48.1 Å². The Morgan fingerprint density at radius 1 is 1.00 bits per heavy atom. The number of aromatic hydroxyl groups is 2. The Morgan fingerprint density at radius 3 is 2.40 bits per heavy atom. The predicted molar refractivity (Wildman–Crippen MR) is 98.4 cm³/mol. The van der Waals surface area contributed by atoms with E-state index in [1.165, 1.54) is 0 Å². The zero-order valence-electron chi connectivity index (χ0n) is 11.0. The first-order valence-electron chi connectivity index (χ1n) is 5.91. The smallest absolute Gasteiger partial charge is 0.144 e. The van der Waals surface area contributed by atoms with Crippen LogP contribution in [0.3, 0.4) is 0 Å². The lowest BCUT2D eigenvalue weighted by molar-refractivity contribution is 0.470. The number of hydrogen-bond acceptors (Lipinski definition) is 3. The van der Waals surface area contributed by atoms with E-state index in [2.05, 4.69) is 50.2 Å². The first kappa shape index (κ1) is 15.6. The second-order valence-corrected chi connectivity index (χ2v) is 6.94. The summed E-state index contributed by atoms with van der Waals surface area (Å²) < 4.78 is 1.80. The Bertz CT molecular complexity index is 637.